The maximum atomic E-state index is 4.65. The van der Waals surface area contributed by atoms with Crippen LogP contribution < -0.4 is 5.32 Å². The Labute approximate surface area is 132 Å². The van der Waals surface area contributed by atoms with Gasteiger partial charge in [-0.2, -0.15) is 5.10 Å². The topological polar surface area (TPSA) is 68.5 Å². The quantitative estimate of drug-likeness (QED) is 0.787. The normalized spacial score (nSPS) is 17.7. The Kier molecular flexibility index (Phi) is 3.11. The van der Waals surface area contributed by atoms with Crippen LogP contribution in [-0.4, -0.2) is 30.8 Å². The van der Waals surface area contributed by atoms with Crippen LogP contribution in [0.1, 0.15) is 28.5 Å². The van der Waals surface area contributed by atoms with Gasteiger partial charge in [-0.05, 0) is 32.8 Å². The zero-order chi connectivity index (χ0) is 15.3. The molecule has 0 spiro atoms. The third-order valence-electron chi connectivity index (χ3n) is 4.29. The summed E-state index contributed by atoms with van der Waals surface area (Å²) in [5.41, 5.74) is 1.28. The number of aryl methyl sites for hydroxylation is 4. The molecule has 3 aromatic rings. The number of aromatic nitrogens is 5. The summed E-state index contributed by atoms with van der Waals surface area (Å²) >= 11 is 1.74. The zero-order valence-electron chi connectivity index (χ0n) is 12.9. The van der Waals surface area contributed by atoms with Gasteiger partial charge in [0.2, 0.25) is 0 Å². The number of nitrogens with zero attached hydrogens (tertiary/aromatic N) is 5. The predicted molar refractivity (Wildman–Crippen MR) is 87.4 cm³/mol. The molecule has 3 aromatic heterocycles. The summed E-state index contributed by atoms with van der Waals surface area (Å²) in [6, 6.07) is 0.325. The minimum absolute atomic E-state index is 0.325. The number of hydrogen-bond donors (Lipinski definition) is 1. The molecule has 0 saturated carbocycles. The van der Waals surface area contributed by atoms with E-state index in [9.17, 15) is 0 Å². The number of fused-ring (bicyclic) bond motifs is 2. The highest BCUT2D eigenvalue weighted by atomic mass is 32.1. The first-order valence-electron chi connectivity index (χ1n) is 7.49. The van der Waals surface area contributed by atoms with E-state index in [-0.39, 0.29) is 0 Å². The molecule has 0 saturated heterocycles. The van der Waals surface area contributed by atoms with Crippen LogP contribution in [0.5, 0.6) is 0 Å². The summed E-state index contributed by atoms with van der Waals surface area (Å²) < 4.78 is 1.98. The first kappa shape index (κ1) is 13.6. The van der Waals surface area contributed by atoms with Gasteiger partial charge in [-0.3, -0.25) is 0 Å². The molecular weight excluding hydrogens is 296 g/mol. The van der Waals surface area contributed by atoms with Gasteiger partial charge < -0.3 is 5.32 Å². The summed E-state index contributed by atoms with van der Waals surface area (Å²) in [4.78, 5) is 15.9. The fourth-order valence-electron chi connectivity index (χ4n) is 3.01. The second-order valence-corrected chi connectivity index (χ2v) is 7.02. The third-order valence-corrected chi connectivity index (χ3v) is 5.39. The van der Waals surface area contributed by atoms with Crippen LogP contribution in [0.15, 0.2) is 6.33 Å². The summed E-state index contributed by atoms with van der Waals surface area (Å²) in [7, 11) is 0. The molecule has 0 amide bonds. The number of nitrogens with one attached hydrogen (secondary N) is 1. The monoisotopic (exact) mass is 314 g/mol. The number of rotatable bonds is 2. The van der Waals surface area contributed by atoms with E-state index in [0.29, 0.717) is 6.04 Å². The Morgan fingerprint density at radius 3 is 3.00 bits per heavy atom. The van der Waals surface area contributed by atoms with Crippen molar-refractivity contribution >= 4 is 27.4 Å². The number of thiophene rings is 1. The molecular formula is C15H18N6S. The molecule has 22 heavy (non-hydrogen) atoms. The Bertz CT molecular complexity index is 849. The van der Waals surface area contributed by atoms with Crippen LogP contribution in [0.2, 0.25) is 0 Å². The lowest BCUT2D eigenvalue weighted by Crippen LogP contribution is -2.32. The summed E-state index contributed by atoms with van der Waals surface area (Å²) in [5, 5.41) is 9.07. The Balaban J connectivity index is 1.70. The van der Waals surface area contributed by atoms with E-state index in [2.05, 4.69) is 39.2 Å². The van der Waals surface area contributed by atoms with Crippen molar-refractivity contribution in [3.8, 4) is 0 Å². The highest BCUT2D eigenvalue weighted by molar-refractivity contribution is 7.18. The van der Waals surface area contributed by atoms with Gasteiger partial charge >= 0.3 is 0 Å². The van der Waals surface area contributed by atoms with Gasteiger partial charge in [-0.1, -0.05) is 0 Å². The molecule has 0 bridgehead atoms. The molecule has 4 rings (SSSR count). The van der Waals surface area contributed by atoms with E-state index < -0.39 is 0 Å². The lowest BCUT2D eigenvalue weighted by atomic mass is 10.1. The van der Waals surface area contributed by atoms with Crippen molar-refractivity contribution in [2.75, 3.05) is 5.32 Å². The second-order valence-electron chi connectivity index (χ2n) is 5.82. The molecule has 0 fully saturated rings. The van der Waals surface area contributed by atoms with Crippen molar-refractivity contribution in [1.29, 1.82) is 0 Å². The molecule has 1 N–H and O–H groups in total. The highest BCUT2D eigenvalue weighted by Gasteiger charge is 2.22. The van der Waals surface area contributed by atoms with Crippen molar-refractivity contribution in [1.82, 2.24) is 24.7 Å². The number of anilines is 1. The fraction of sp³-hybridized carbons (Fsp3) is 0.467. The Morgan fingerprint density at radius 1 is 1.27 bits per heavy atom. The van der Waals surface area contributed by atoms with Crippen LogP contribution in [0.3, 0.4) is 0 Å². The Morgan fingerprint density at radius 2 is 2.14 bits per heavy atom. The molecule has 114 valence electrons. The molecule has 1 aliphatic rings. The van der Waals surface area contributed by atoms with E-state index >= 15 is 0 Å². The second kappa shape index (κ2) is 5.01. The van der Waals surface area contributed by atoms with Gasteiger partial charge in [0.1, 0.15) is 28.6 Å². The van der Waals surface area contributed by atoms with Gasteiger partial charge in [0.15, 0.2) is 0 Å². The average molecular weight is 314 g/mol. The first-order chi connectivity index (χ1) is 10.6. The standard InChI is InChI=1S/C15H18N6S/c1-8-9(2)22-15-13(8)14(18-10(3)19-15)20-11-4-5-12-16-7-17-21(12)6-11/h7,11H,4-6H2,1-3H3,(H,18,19,20). The lowest BCUT2D eigenvalue weighted by molar-refractivity contribution is 0.441. The van der Waals surface area contributed by atoms with Crippen molar-refractivity contribution < 1.29 is 0 Å². The minimum Gasteiger partial charge on any atom is -0.365 e. The summed E-state index contributed by atoms with van der Waals surface area (Å²) in [6.45, 7) is 7.07. The fourth-order valence-corrected chi connectivity index (χ4v) is 4.08. The van der Waals surface area contributed by atoms with Crippen molar-refractivity contribution in [2.24, 2.45) is 0 Å². The van der Waals surface area contributed by atoms with Crippen molar-refractivity contribution in [3.05, 3.63) is 28.4 Å². The molecule has 1 unspecified atom stereocenters. The van der Waals surface area contributed by atoms with E-state index in [0.717, 1.165) is 47.1 Å². The molecule has 7 heteroatoms. The van der Waals surface area contributed by atoms with Crippen LogP contribution in [-0.2, 0) is 13.0 Å². The number of hydrogen-bond acceptors (Lipinski definition) is 6. The van der Waals surface area contributed by atoms with Gasteiger partial charge in [-0.15, -0.1) is 11.3 Å². The average Bonchev–Trinajstić information content (AvgIpc) is 3.03. The van der Waals surface area contributed by atoms with E-state index in [4.69, 9.17) is 0 Å². The molecule has 4 heterocycles. The van der Waals surface area contributed by atoms with Gasteiger partial charge in [0, 0.05) is 17.3 Å². The van der Waals surface area contributed by atoms with Crippen molar-refractivity contribution in [3.63, 3.8) is 0 Å². The third kappa shape index (κ3) is 2.16. The molecule has 0 aliphatic carbocycles. The predicted octanol–water partition coefficient (Wildman–Crippen LogP) is 2.63. The van der Waals surface area contributed by atoms with Gasteiger partial charge in [-0.25, -0.2) is 19.6 Å². The van der Waals surface area contributed by atoms with Crippen molar-refractivity contribution in [2.45, 2.75) is 46.2 Å². The van der Waals surface area contributed by atoms with Gasteiger partial charge in [0.05, 0.1) is 11.9 Å². The molecule has 1 aliphatic heterocycles. The van der Waals surface area contributed by atoms with E-state index in [1.165, 1.54) is 10.4 Å². The van der Waals surface area contributed by atoms with E-state index in [1.807, 2.05) is 11.6 Å². The SMILES string of the molecule is Cc1nc(NC2CCc3ncnn3C2)c2c(C)c(C)sc2n1. The van der Waals surface area contributed by atoms with Crippen LogP contribution in [0.4, 0.5) is 5.82 Å². The highest BCUT2D eigenvalue weighted by Crippen LogP contribution is 2.33. The molecule has 6 nitrogen and oxygen atoms in total. The summed E-state index contributed by atoms with van der Waals surface area (Å²) in [5.74, 6) is 2.84. The molecule has 0 aromatic carbocycles. The maximum absolute atomic E-state index is 4.65. The van der Waals surface area contributed by atoms with Crippen LogP contribution >= 0.6 is 11.3 Å². The van der Waals surface area contributed by atoms with Crippen LogP contribution in [0.25, 0.3) is 10.2 Å². The largest absolute Gasteiger partial charge is 0.365 e. The molecule has 0 radical (unpaired) electrons. The smallest absolute Gasteiger partial charge is 0.139 e. The maximum Gasteiger partial charge on any atom is 0.139 e. The minimum atomic E-state index is 0.325. The summed E-state index contributed by atoms with van der Waals surface area (Å²) in [6.07, 6.45) is 3.63. The van der Waals surface area contributed by atoms with E-state index in [1.54, 1.807) is 17.7 Å². The first-order valence-corrected chi connectivity index (χ1v) is 8.31. The van der Waals surface area contributed by atoms with Crippen LogP contribution in [0, 0.1) is 20.8 Å². The Hall–Kier alpha value is -2.02. The zero-order valence-corrected chi connectivity index (χ0v) is 13.7. The molecule has 1 atom stereocenters. The van der Waals surface area contributed by atoms with Gasteiger partial charge in [0.25, 0.3) is 0 Å². The lowest BCUT2D eigenvalue weighted by Gasteiger charge is -2.24.